The molecule has 0 atom stereocenters. The second-order valence-corrected chi connectivity index (χ2v) is 5.03. The molecule has 0 aliphatic carbocycles. The summed E-state index contributed by atoms with van der Waals surface area (Å²) in [6.45, 7) is 0.0757. The van der Waals surface area contributed by atoms with E-state index in [-0.39, 0.29) is 22.4 Å². The van der Waals surface area contributed by atoms with Crippen LogP contribution < -0.4 is 0 Å². The third-order valence-electron chi connectivity index (χ3n) is 2.70. The van der Waals surface area contributed by atoms with Crippen LogP contribution in [0.4, 0.5) is 8.78 Å². The van der Waals surface area contributed by atoms with Gasteiger partial charge in [0.05, 0.1) is 5.56 Å². The van der Waals surface area contributed by atoms with E-state index in [1.54, 1.807) is 0 Å². The lowest BCUT2D eigenvalue weighted by Crippen LogP contribution is -2.27. The van der Waals surface area contributed by atoms with E-state index in [1.807, 2.05) is 0 Å². The maximum absolute atomic E-state index is 13.1. The fourth-order valence-corrected chi connectivity index (χ4v) is 2.01. The number of carbonyl (C=O) groups is 1. The van der Waals surface area contributed by atoms with E-state index in [0.717, 1.165) is 12.1 Å². The van der Waals surface area contributed by atoms with Gasteiger partial charge in [0.1, 0.15) is 0 Å². The molecule has 1 amide bonds. The van der Waals surface area contributed by atoms with Crippen LogP contribution >= 0.6 is 23.2 Å². The highest BCUT2D eigenvalue weighted by Crippen LogP contribution is 2.18. The zero-order valence-electron chi connectivity index (χ0n) is 10.8. The molecule has 4 nitrogen and oxygen atoms in total. The number of hydrogen-bond acceptors (Lipinski definition) is 3. The van der Waals surface area contributed by atoms with Gasteiger partial charge in [-0.05, 0) is 23.8 Å². The number of carbonyl (C=O) groups excluding carboxylic acids is 1. The molecule has 0 radical (unpaired) electrons. The molecule has 21 heavy (non-hydrogen) atoms. The summed E-state index contributed by atoms with van der Waals surface area (Å²) in [7, 11) is 1.49. The Kier molecular flexibility index (Phi) is 4.69. The van der Waals surface area contributed by atoms with Crippen LogP contribution in [0.15, 0.2) is 24.3 Å². The monoisotopic (exact) mass is 331 g/mol. The predicted octanol–water partition coefficient (Wildman–Crippen LogP) is 3.33. The molecule has 2 aromatic rings. The van der Waals surface area contributed by atoms with Crippen LogP contribution in [0.25, 0.3) is 0 Å². The van der Waals surface area contributed by atoms with Gasteiger partial charge in [-0.15, -0.1) is 10.2 Å². The van der Waals surface area contributed by atoms with E-state index >= 15 is 0 Å². The van der Waals surface area contributed by atoms with Crippen molar-refractivity contribution < 1.29 is 13.6 Å². The predicted molar refractivity (Wildman–Crippen MR) is 74.2 cm³/mol. The first-order valence-corrected chi connectivity index (χ1v) is 6.52. The summed E-state index contributed by atoms with van der Waals surface area (Å²) in [5.41, 5.74) is 0.524. The molecule has 0 aliphatic rings. The van der Waals surface area contributed by atoms with Crippen molar-refractivity contribution in [1.82, 2.24) is 15.1 Å². The number of hydrogen-bond donors (Lipinski definition) is 0. The Morgan fingerprint density at radius 1 is 1.19 bits per heavy atom. The number of halogens is 4. The third-order valence-corrected chi connectivity index (χ3v) is 3.16. The van der Waals surface area contributed by atoms with Crippen LogP contribution in [-0.4, -0.2) is 28.1 Å². The third kappa shape index (κ3) is 3.65. The quantitative estimate of drug-likeness (QED) is 0.866. The van der Waals surface area contributed by atoms with Gasteiger partial charge in [-0.25, -0.2) is 8.78 Å². The minimum Gasteiger partial charge on any atom is -0.337 e. The van der Waals surface area contributed by atoms with E-state index in [9.17, 15) is 13.6 Å². The summed E-state index contributed by atoms with van der Waals surface area (Å²) in [4.78, 5) is 13.5. The van der Waals surface area contributed by atoms with Gasteiger partial charge in [-0.2, -0.15) is 0 Å². The molecule has 0 saturated heterocycles. The summed E-state index contributed by atoms with van der Waals surface area (Å²) < 4.78 is 26.0. The zero-order valence-corrected chi connectivity index (χ0v) is 12.3. The first kappa shape index (κ1) is 15.6. The smallest absolute Gasteiger partial charge is 0.257 e. The molecule has 0 saturated carbocycles. The molecule has 0 N–H and O–H groups in total. The van der Waals surface area contributed by atoms with Crippen LogP contribution in [0.1, 0.15) is 15.9 Å². The van der Waals surface area contributed by atoms with Crippen molar-refractivity contribution in [1.29, 1.82) is 0 Å². The molecule has 110 valence electrons. The summed E-state index contributed by atoms with van der Waals surface area (Å²) >= 11 is 11.5. The van der Waals surface area contributed by atoms with Gasteiger partial charge in [0.15, 0.2) is 21.9 Å². The summed E-state index contributed by atoms with van der Waals surface area (Å²) in [5.74, 6) is -2.37. The molecule has 0 spiro atoms. The Hall–Kier alpha value is -1.79. The Bertz CT molecular complexity index is 697. The van der Waals surface area contributed by atoms with Crippen molar-refractivity contribution in [3.63, 3.8) is 0 Å². The first-order chi connectivity index (χ1) is 9.88. The lowest BCUT2D eigenvalue weighted by Gasteiger charge is -2.17. The van der Waals surface area contributed by atoms with E-state index in [4.69, 9.17) is 23.2 Å². The maximum Gasteiger partial charge on any atom is 0.257 e. The van der Waals surface area contributed by atoms with Crippen LogP contribution in [0.2, 0.25) is 10.3 Å². The highest BCUT2D eigenvalue weighted by molar-refractivity contribution is 6.34. The summed E-state index contributed by atoms with van der Waals surface area (Å²) in [6.07, 6.45) is 0. The highest BCUT2D eigenvalue weighted by atomic mass is 35.5. The average Bonchev–Trinajstić information content (AvgIpc) is 2.44. The van der Waals surface area contributed by atoms with E-state index in [0.29, 0.717) is 5.56 Å². The number of nitrogens with zero attached hydrogens (tertiary/aromatic N) is 3. The molecule has 0 aliphatic heterocycles. The van der Waals surface area contributed by atoms with Crippen molar-refractivity contribution >= 4 is 29.1 Å². The SMILES string of the molecule is CN(Cc1ccc(F)c(F)c1)C(=O)c1cc(Cl)nnc1Cl. The van der Waals surface area contributed by atoms with Crippen molar-refractivity contribution in [2.45, 2.75) is 6.54 Å². The standard InChI is InChI=1S/C13H9Cl2F2N3O/c1-20(6-7-2-3-9(16)10(17)4-7)13(21)8-5-11(14)18-19-12(8)15/h2-5H,6H2,1H3. The van der Waals surface area contributed by atoms with E-state index < -0.39 is 17.5 Å². The molecule has 1 aromatic heterocycles. The average molecular weight is 332 g/mol. The van der Waals surface area contributed by atoms with Gasteiger partial charge in [-0.1, -0.05) is 29.3 Å². The van der Waals surface area contributed by atoms with Crippen LogP contribution in [-0.2, 0) is 6.54 Å². The lowest BCUT2D eigenvalue weighted by atomic mass is 10.2. The molecule has 0 bridgehead atoms. The van der Waals surface area contributed by atoms with E-state index in [1.165, 1.54) is 24.1 Å². The molecule has 8 heteroatoms. The van der Waals surface area contributed by atoms with Gasteiger partial charge >= 0.3 is 0 Å². The van der Waals surface area contributed by atoms with Crippen molar-refractivity contribution in [2.75, 3.05) is 7.05 Å². The molecule has 1 heterocycles. The minimum absolute atomic E-state index is 0.0315. The van der Waals surface area contributed by atoms with Gasteiger partial charge < -0.3 is 4.90 Å². The number of benzene rings is 1. The van der Waals surface area contributed by atoms with Gasteiger partial charge in [-0.3, -0.25) is 4.79 Å². The van der Waals surface area contributed by atoms with Gasteiger partial charge in [0.2, 0.25) is 0 Å². The first-order valence-electron chi connectivity index (χ1n) is 5.76. The fourth-order valence-electron chi connectivity index (χ4n) is 1.69. The topological polar surface area (TPSA) is 46.1 Å². The molecular formula is C13H9Cl2F2N3O. The van der Waals surface area contributed by atoms with Crippen molar-refractivity contribution in [3.8, 4) is 0 Å². The van der Waals surface area contributed by atoms with Crippen LogP contribution in [0.3, 0.4) is 0 Å². The normalized spacial score (nSPS) is 10.5. The zero-order chi connectivity index (χ0) is 15.6. The Balaban J connectivity index is 2.19. The summed E-state index contributed by atoms with van der Waals surface area (Å²) in [6, 6.07) is 4.71. The Morgan fingerprint density at radius 2 is 1.90 bits per heavy atom. The molecule has 2 rings (SSSR count). The van der Waals surface area contributed by atoms with Gasteiger partial charge in [0.25, 0.3) is 5.91 Å². The Morgan fingerprint density at radius 3 is 2.57 bits per heavy atom. The molecule has 0 fully saturated rings. The highest BCUT2D eigenvalue weighted by Gasteiger charge is 2.18. The number of amides is 1. The van der Waals surface area contributed by atoms with Gasteiger partial charge in [0, 0.05) is 13.6 Å². The minimum atomic E-state index is -0.972. The lowest BCUT2D eigenvalue weighted by molar-refractivity contribution is 0.0784. The fraction of sp³-hybridized carbons (Fsp3) is 0.154. The Labute approximate surface area is 129 Å². The summed E-state index contributed by atoms with van der Waals surface area (Å²) in [5, 5.41) is 7.00. The second kappa shape index (κ2) is 6.32. The number of rotatable bonds is 3. The van der Waals surface area contributed by atoms with Crippen LogP contribution in [0.5, 0.6) is 0 Å². The van der Waals surface area contributed by atoms with Crippen LogP contribution in [0, 0.1) is 11.6 Å². The molecular weight excluding hydrogens is 323 g/mol. The molecule has 0 unspecified atom stereocenters. The van der Waals surface area contributed by atoms with Crippen molar-refractivity contribution in [2.24, 2.45) is 0 Å². The van der Waals surface area contributed by atoms with Crippen molar-refractivity contribution in [3.05, 3.63) is 57.3 Å². The molecule has 1 aromatic carbocycles. The second-order valence-electron chi connectivity index (χ2n) is 4.28. The van der Waals surface area contributed by atoms with E-state index in [2.05, 4.69) is 10.2 Å². The largest absolute Gasteiger partial charge is 0.337 e. The number of aromatic nitrogens is 2. The maximum atomic E-state index is 13.1.